The summed E-state index contributed by atoms with van der Waals surface area (Å²) in [5.41, 5.74) is -0.195. The van der Waals surface area contributed by atoms with Gasteiger partial charge in [0.15, 0.2) is 0 Å². The average molecular weight is 251 g/mol. The molecule has 96 valence electrons. The molecule has 0 saturated heterocycles. The minimum atomic E-state index is -3.15. The summed E-state index contributed by atoms with van der Waals surface area (Å²) in [4.78, 5) is 0. The predicted molar refractivity (Wildman–Crippen MR) is 55.2 cm³/mol. The Kier molecular flexibility index (Phi) is 4.89. The van der Waals surface area contributed by atoms with Crippen molar-refractivity contribution in [2.75, 3.05) is 13.1 Å². The van der Waals surface area contributed by atoms with Gasteiger partial charge < -0.3 is 10.4 Å². The van der Waals surface area contributed by atoms with E-state index >= 15 is 0 Å². The molecule has 0 fully saturated rings. The van der Waals surface area contributed by atoms with Crippen LogP contribution in [0.25, 0.3) is 0 Å². The molecule has 0 aliphatic carbocycles. The van der Waals surface area contributed by atoms with Crippen molar-refractivity contribution in [3.05, 3.63) is 35.9 Å². The van der Waals surface area contributed by atoms with Crippen LogP contribution >= 0.6 is 0 Å². The number of aliphatic hydroxyl groups is 1. The maximum Gasteiger partial charge on any atom is 0.285 e. The molecule has 1 unspecified atom stereocenters. The van der Waals surface area contributed by atoms with Crippen LogP contribution in [-0.2, 0) is 5.92 Å². The highest BCUT2D eigenvalue weighted by Crippen LogP contribution is 2.26. The number of halogens is 4. The third kappa shape index (κ3) is 4.32. The van der Waals surface area contributed by atoms with Gasteiger partial charge in [0.25, 0.3) is 12.3 Å². The first kappa shape index (κ1) is 13.9. The largest absolute Gasteiger partial charge is 0.386 e. The molecule has 0 spiro atoms. The quantitative estimate of drug-likeness (QED) is 0.758. The zero-order chi connectivity index (χ0) is 12.9. The molecule has 1 aromatic carbocycles. The van der Waals surface area contributed by atoms with Crippen molar-refractivity contribution in [2.45, 2.75) is 18.5 Å². The number of nitrogens with one attached hydrogen (secondary N) is 1. The summed E-state index contributed by atoms with van der Waals surface area (Å²) in [6.07, 6.45) is -4.87. The SMILES string of the molecule is OC(CNCC(F)(F)c1ccccc1)C(F)F. The minimum Gasteiger partial charge on any atom is -0.386 e. The topological polar surface area (TPSA) is 32.3 Å². The smallest absolute Gasteiger partial charge is 0.285 e. The summed E-state index contributed by atoms with van der Waals surface area (Å²) in [6.45, 7) is -1.36. The van der Waals surface area contributed by atoms with Crippen LogP contribution in [0.2, 0.25) is 0 Å². The molecular formula is C11H13F4NO. The van der Waals surface area contributed by atoms with E-state index < -0.39 is 31.5 Å². The molecule has 0 heterocycles. The van der Waals surface area contributed by atoms with E-state index in [0.29, 0.717) is 0 Å². The van der Waals surface area contributed by atoms with Crippen molar-refractivity contribution in [2.24, 2.45) is 0 Å². The van der Waals surface area contributed by atoms with Crippen LogP contribution in [0.1, 0.15) is 5.56 Å². The number of benzene rings is 1. The maximum atomic E-state index is 13.5. The highest BCUT2D eigenvalue weighted by Gasteiger charge is 2.31. The first-order valence-corrected chi connectivity index (χ1v) is 5.04. The lowest BCUT2D eigenvalue weighted by Gasteiger charge is -2.18. The molecule has 0 saturated carbocycles. The number of rotatable bonds is 6. The van der Waals surface area contributed by atoms with E-state index in [0.717, 1.165) is 0 Å². The van der Waals surface area contributed by atoms with Crippen molar-refractivity contribution in [1.29, 1.82) is 0 Å². The Hall–Kier alpha value is -1.14. The van der Waals surface area contributed by atoms with Crippen LogP contribution in [0.5, 0.6) is 0 Å². The molecule has 1 atom stereocenters. The van der Waals surface area contributed by atoms with Crippen molar-refractivity contribution in [3.8, 4) is 0 Å². The van der Waals surface area contributed by atoms with Gasteiger partial charge in [0.05, 0.1) is 6.54 Å². The zero-order valence-corrected chi connectivity index (χ0v) is 8.91. The summed E-state index contributed by atoms with van der Waals surface area (Å²) >= 11 is 0. The fourth-order valence-corrected chi connectivity index (χ4v) is 1.25. The van der Waals surface area contributed by atoms with Crippen LogP contribution in [0.15, 0.2) is 30.3 Å². The Bertz CT molecular complexity index is 332. The van der Waals surface area contributed by atoms with Gasteiger partial charge in [-0.25, -0.2) is 8.78 Å². The van der Waals surface area contributed by atoms with E-state index in [4.69, 9.17) is 5.11 Å². The predicted octanol–water partition coefficient (Wildman–Crippen LogP) is 1.99. The molecule has 6 heteroatoms. The minimum absolute atomic E-state index is 0.195. The van der Waals surface area contributed by atoms with Crippen LogP contribution in [-0.4, -0.2) is 30.7 Å². The second-order valence-corrected chi connectivity index (χ2v) is 3.60. The maximum absolute atomic E-state index is 13.5. The molecule has 0 radical (unpaired) electrons. The molecule has 0 aromatic heterocycles. The third-order valence-electron chi connectivity index (χ3n) is 2.19. The number of aliphatic hydroxyl groups excluding tert-OH is 1. The molecular weight excluding hydrogens is 238 g/mol. The van der Waals surface area contributed by atoms with Crippen LogP contribution in [0, 0.1) is 0 Å². The molecule has 0 bridgehead atoms. The van der Waals surface area contributed by atoms with Gasteiger partial charge in [0.2, 0.25) is 0 Å². The molecule has 0 aliphatic rings. The number of hydrogen-bond donors (Lipinski definition) is 2. The van der Waals surface area contributed by atoms with Gasteiger partial charge in [0.1, 0.15) is 6.10 Å². The summed E-state index contributed by atoms with van der Waals surface area (Å²) in [5, 5.41) is 10.9. The first-order chi connectivity index (χ1) is 7.93. The standard InChI is InChI=1S/C11H13F4NO/c12-10(13)9(17)6-16-7-11(14,15)8-4-2-1-3-5-8/h1-5,9-10,16-17H,6-7H2. The molecule has 0 aliphatic heterocycles. The third-order valence-corrected chi connectivity index (χ3v) is 2.19. The highest BCUT2D eigenvalue weighted by molar-refractivity contribution is 5.20. The van der Waals surface area contributed by atoms with E-state index in [1.807, 2.05) is 0 Å². The van der Waals surface area contributed by atoms with Gasteiger partial charge in [-0.2, -0.15) is 8.78 Å². The van der Waals surface area contributed by atoms with Gasteiger partial charge in [-0.15, -0.1) is 0 Å². The first-order valence-electron chi connectivity index (χ1n) is 5.04. The van der Waals surface area contributed by atoms with Crippen LogP contribution < -0.4 is 5.32 Å². The lowest BCUT2D eigenvalue weighted by molar-refractivity contribution is -0.0235. The second-order valence-electron chi connectivity index (χ2n) is 3.60. The van der Waals surface area contributed by atoms with Crippen molar-refractivity contribution < 1.29 is 22.7 Å². The van der Waals surface area contributed by atoms with Crippen molar-refractivity contribution >= 4 is 0 Å². The van der Waals surface area contributed by atoms with Crippen LogP contribution in [0.3, 0.4) is 0 Å². The molecule has 1 rings (SSSR count). The van der Waals surface area contributed by atoms with Gasteiger partial charge in [0, 0.05) is 12.1 Å². The summed E-state index contributed by atoms with van der Waals surface area (Å²) in [6, 6.07) is 7.05. The van der Waals surface area contributed by atoms with E-state index in [-0.39, 0.29) is 5.56 Å². The van der Waals surface area contributed by atoms with Gasteiger partial charge in [-0.05, 0) is 0 Å². The Morgan fingerprint density at radius 1 is 1.18 bits per heavy atom. The van der Waals surface area contributed by atoms with Gasteiger partial charge in [-0.3, -0.25) is 0 Å². The van der Waals surface area contributed by atoms with Crippen molar-refractivity contribution in [1.82, 2.24) is 5.32 Å². The van der Waals surface area contributed by atoms with E-state index in [2.05, 4.69) is 5.32 Å². The fourth-order valence-electron chi connectivity index (χ4n) is 1.25. The monoisotopic (exact) mass is 251 g/mol. The van der Waals surface area contributed by atoms with E-state index in [9.17, 15) is 17.6 Å². The van der Waals surface area contributed by atoms with Gasteiger partial charge >= 0.3 is 0 Å². The van der Waals surface area contributed by atoms with Crippen molar-refractivity contribution in [3.63, 3.8) is 0 Å². The Morgan fingerprint density at radius 2 is 1.76 bits per heavy atom. The summed E-state index contributed by atoms with van der Waals surface area (Å²) in [7, 11) is 0. The summed E-state index contributed by atoms with van der Waals surface area (Å²) < 4.78 is 50.7. The second kappa shape index (κ2) is 5.97. The lowest BCUT2D eigenvalue weighted by atomic mass is 10.1. The zero-order valence-electron chi connectivity index (χ0n) is 8.91. The Morgan fingerprint density at radius 3 is 2.29 bits per heavy atom. The summed E-state index contributed by atoms with van der Waals surface area (Å²) in [5.74, 6) is -3.15. The fraction of sp³-hybridized carbons (Fsp3) is 0.455. The Labute approximate surface area is 96.3 Å². The molecule has 2 nitrogen and oxygen atoms in total. The van der Waals surface area contributed by atoms with Gasteiger partial charge in [-0.1, -0.05) is 30.3 Å². The number of hydrogen-bond acceptors (Lipinski definition) is 2. The molecule has 0 amide bonds. The normalized spacial score (nSPS) is 14.0. The lowest BCUT2D eigenvalue weighted by Crippen LogP contribution is -2.38. The Balaban J connectivity index is 2.46. The highest BCUT2D eigenvalue weighted by atomic mass is 19.3. The number of alkyl halides is 4. The molecule has 17 heavy (non-hydrogen) atoms. The molecule has 2 N–H and O–H groups in total. The van der Waals surface area contributed by atoms with E-state index in [1.54, 1.807) is 6.07 Å². The van der Waals surface area contributed by atoms with E-state index in [1.165, 1.54) is 24.3 Å². The molecule has 1 aromatic rings. The average Bonchev–Trinajstić information content (AvgIpc) is 2.29. The van der Waals surface area contributed by atoms with Crippen LogP contribution in [0.4, 0.5) is 17.6 Å².